The molecule has 2 heterocycles. The van der Waals surface area contributed by atoms with Crippen LogP contribution in [0.25, 0.3) is 10.8 Å². The van der Waals surface area contributed by atoms with Crippen molar-refractivity contribution >= 4 is 28.3 Å². The van der Waals surface area contributed by atoms with E-state index in [1.807, 2.05) is 13.8 Å². The minimum Gasteiger partial charge on any atom is -0.376 e. The molecular weight excluding hydrogens is 408 g/mol. The van der Waals surface area contributed by atoms with E-state index in [-0.39, 0.29) is 29.3 Å². The Hall–Kier alpha value is -3.52. The van der Waals surface area contributed by atoms with Crippen molar-refractivity contribution in [1.82, 2.24) is 15.1 Å². The van der Waals surface area contributed by atoms with Gasteiger partial charge >= 0.3 is 0 Å². The lowest BCUT2D eigenvalue weighted by Crippen LogP contribution is -2.32. The zero-order chi connectivity index (χ0) is 22.7. The Bertz CT molecular complexity index is 1210. The molecule has 8 heteroatoms. The molecule has 4 rings (SSSR count). The molecule has 0 bridgehead atoms. The van der Waals surface area contributed by atoms with Crippen molar-refractivity contribution in [3.05, 3.63) is 70.1 Å². The maximum atomic E-state index is 13.2. The summed E-state index contributed by atoms with van der Waals surface area (Å²) in [7, 11) is 0. The molecule has 1 atom stereocenters. The van der Waals surface area contributed by atoms with Gasteiger partial charge < -0.3 is 15.4 Å². The number of para-hydroxylation sites is 1. The van der Waals surface area contributed by atoms with Gasteiger partial charge in [-0.3, -0.25) is 14.4 Å². The van der Waals surface area contributed by atoms with Crippen molar-refractivity contribution in [2.45, 2.75) is 38.8 Å². The molecule has 2 aromatic carbocycles. The summed E-state index contributed by atoms with van der Waals surface area (Å²) in [5.41, 5.74) is 0.598. The highest BCUT2D eigenvalue weighted by Crippen LogP contribution is 2.20. The average molecular weight is 434 g/mol. The summed E-state index contributed by atoms with van der Waals surface area (Å²) in [6, 6.07) is 13.5. The molecule has 1 saturated heterocycles. The highest BCUT2D eigenvalue weighted by atomic mass is 16.5. The quantitative estimate of drug-likeness (QED) is 0.621. The van der Waals surface area contributed by atoms with Crippen LogP contribution in [0.5, 0.6) is 0 Å². The van der Waals surface area contributed by atoms with Crippen LogP contribution in [0.15, 0.2) is 53.3 Å². The summed E-state index contributed by atoms with van der Waals surface area (Å²) in [6.45, 7) is 4.80. The van der Waals surface area contributed by atoms with Crippen LogP contribution < -0.4 is 16.2 Å². The van der Waals surface area contributed by atoms with Gasteiger partial charge in [0.15, 0.2) is 5.69 Å². The van der Waals surface area contributed by atoms with Crippen LogP contribution in [0, 0.1) is 0 Å². The first-order valence-electron chi connectivity index (χ1n) is 10.8. The van der Waals surface area contributed by atoms with Gasteiger partial charge in [0, 0.05) is 18.5 Å². The molecule has 8 nitrogen and oxygen atoms in total. The van der Waals surface area contributed by atoms with Crippen LogP contribution in [-0.2, 0) is 4.74 Å². The number of nitrogens with zero attached hydrogens (tertiary/aromatic N) is 2. The molecule has 1 unspecified atom stereocenters. The highest BCUT2D eigenvalue weighted by Gasteiger charge is 2.21. The number of hydrogen-bond donors (Lipinski definition) is 2. The number of benzene rings is 2. The Balaban J connectivity index is 1.62. The zero-order valence-corrected chi connectivity index (χ0v) is 18.1. The number of carbonyl (C=O) groups is 2. The number of nitrogens with one attached hydrogen (secondary N) is 2. The minimum atomic E-state index is -0.491. The molecule has 1 aliphatic rings. The molecule has 3 aromatic rings. The average Bonchev–Trinajstić information content (AvgIpc) is 3.31. The summed E-state index contributed by atoms with van der Waals surface area (Å²) < 4.78 is 6.86. The van der Waals surface area contributed by atoms with Crippen molar-refractivity contribution in [1.29, 1.82) is 0 Å². The van der Waals surface area contributed by atoms with E-state index in [1.54, 1.807) is 48.5 Å². The fraction of sp³-hybridized carbons (Fsp3) is 0.333. The van der Waals surface area contributed by atoms with Crippen LogP contribution in [0.4, 0.5) is 5.69 Å². The summed E-state index contributed by atoms with van der Waals surface area (Å²) >= 11 is 0. The first-order valence-corrected chi connectivity index (χ1v) is 10.8. The Morgan fingerprint density at radius 1 is 1.09 bits per heavy atom. The van der Waals surface area contributed by atoms with Gasteiger partial charge in [0.1, 0.15) is 0 Å². The zero-order valence-electron chi connectivity index (χ0n) is 18.1. The molecule has 0 aliphatic carbocycles. The molecule has 2 amide bonds. The van der Waals surface area contributed by atoms with Crippen molar-refractivity contribution in [2.24, 2.45) is 0 Å². The predicted molar refractivity (Wildman–Crippen MR) is 122 cm³/mol. The Labute approximate surface area is 185 Å². The van der Waals surface area contributed by atoms with Crippen LogP contribution in [0.3, 0.4) is 0 Å². The number of rotatable bonds is 6. The van der Waals surface area contributed by atoms with E-state index in [9.17, 15) is 14.4 Å². The summed E-state index contributed by atoms with van der Waals surface area (Å²) in [6.07, 6.45) is 1.93. The van der Waals surface area contributed by atoms with Gasteiger partial charge in [0.25, 0.3) is 17.4 Å². The van der Waals surface area contributed by atoms with Gasteiger partial charge in [-0.1, -0.05) is 30.3 Å². The van der Waals surface area contributed by atoms with Gasteiger partial charge in [0.05, 0.1) is 28.8 Å². The maximum Gasteiger partial charge on any atom is 0.276 e. The lowest BCUT2D eigenvalue weighted by atomic mass is 10.1. The van der Waals surface area contributed by atoms with E-state index in [0.29, 0.717) is 35.2 Å². The van der Waals surface area contributed by atoms with E-state index < -0.39 is 5.91 Å². The molecule has 1 aromatic heterocycles. The number of ether oxygens (including phenoxy) is 1. The van der Waals surface area contributed by atoms with Gasteiger partial charge in [0.2, 0.25) is 0 Å². The monoisotopic (exact) mass is 434 g/mol. The summed E-state index contributed by atoms with van der Waals surface area (Å²) in [5, 5.41) is 10.9. The number of amides is 2. The third kappa shape index (κ3) is 4.40. The van der Waals surface area contributed by atoms with E-state index in [2.05, 4.69) is 15.7 Å². The molecule has 166 valence electrons. The number of anilines is 1. The fourth-order valence-electron chi connectivity index (χ4n) is 3.80. The summed E-state index contributed by atoms with van der Waals surface area (Å²) in [4.78, 5) is 38.7. The Kier molecular flexibility index (Phi) is 6.32. The molecule has 0 radical (unpaired) electrons. The van der Waals surface area contributed by atoms with E-state index in [4.69, 9.17) is 4.74 Å². The molecule has 1 aliphatic heterocycles. The molecular formula is C24H26N4O4. The fourth-order valence-corrected chi connectivity index (χ4v) is 3.80. The Morgan fingerprint density at radius 2 is 1.81 bits per heavy atom. The van der Waals surface area contributed by atoms with Crippen molar-refractivity contribution < 1.29 is 14.3 Å². The van der Waals surface area contributed by atoms with E-state index in [0.717, 1.165) is 12.8 Å². The normalized spacial score (nSPS) is 15.8. The highest BCUT2D eigenvalue weighted by molar-refractivity contribution is 6.13. The number of hydrogen-bond acceptors (Lipinski definition) is 5. The second-order valence-electron chi connectivity index (χ2n) is 8.08. The second kappa shape index (κ2) is 9.32. The number of carbonyl (C=O) groups excluding carboxylic acids is 2. The van der Waals surface area contributed by atoms with Gasteiger partial charge in [-0.15, -0.1) is 0 Å². The van der Waals surface area contributed by atoms with Crippen LogP contribution in [0.1, 0.15) is 53.6 Å². The number of aromatic nitrogens is 2. The SMILES string of the molecule is CC(C)n1nc(C(=O)Nc2ccccc2C(=O)NCC2CCCO2)c2ccccc2c1=O. The van der Waals surface area contributed by atoms with Gasteiger partial charge in [-0.25, -0.2) is 4.68 Å². The first kappa shape index (κ1) is 21.7. The molecule has 0 saturated carbocycles. The van der Waals surface area contributed by atoms with Crippen LogP contribution in [-0.4, -0.2) is 40.9 Å². The van der Waals surface area contributed by atoms with Crippen molar-refractivity contribution in [2.75, 3.05) is 18.5 Å². The smallest absolute Gasteiger partial charge is 0.276 e. The van der Waals surface area contributed by atoms with E-state index >= 15 is 0 Å². The van der Waals surface area contributed by atoms with Crippen LogP contribution >= 0.6 is 0 Å². The molecule has 2 N–H and O–H groups in total. The summed E-state index contributed by atoms with van der Waals surface area (Å²) in [5.74, 6) is -0.781. The number of fused-ring (bicyclic) bond motifs is 1. The molecule has 1 fully saturated rings. The minimum absolute atomic E-state index is 0.0216. The van der Waals surface area contributed by atoms with Crippen molar-refractivity contribution in [3.63, 3.8) is 0 Å². The predicted octanol–water partition coefficient (Wildman–Crippen LogP) is 3.14. The van der Waals surface area contributed by atoms with Crippen LogP contribution in [0.2, 0.25) is 0 Å². The third-order valence-corrected chi connectivity index (χ3v) is 5.47. The largest absolute Gasteiger partial charge is 0.376 e. The lowest BCUT2D eigenvalue weighted by molar-refractivity contribution is 0.0858. The Morgan fingerprint density at radius 3 is 2.53 bits per heavy atom. The molecule has 0 spiro atoms. The standard InChI is InChI=1S/C24H26N4O4/c1-15(2)28-24(31)18-10-4-3-9-17(18)21(27-28)23(30)26-20-12-6-5-11-19(20)22(29)25-14-16-8-7-13-32-16/h3-6,9-12,15-16H,7-8,13-14H2,1-2H3,(H,25,29)(H,26,30). The maximum absolute atomic E-state index is 13.2. The first-order chi connectivity index (χ1) is 15.5. The van der Waals surface area contributed by atoms with Crippen molar-refractivity contribution in [3.8, 4) is 0 Å². The molecule has 32 heavy (non-hydrogen) atoms. The van der Waals surface area contributed by atoms with Gasteiger partial charge in [-0.05, 0) is 44.9 Å². The second-order valence-corrected chi connectivity index (χ2v) is 8.08. The van der Waals surface area contributed by atoms with E-state index in [1.165, 1.54) is 4.68 Å². The van der Waals surface area contributed by atoms with Gasteiger partial charge in [-0.2, -0.15) is 5.10 Å². The lowest BCUT2D eigenvalue weighted by Gasteiger charge is -2.15. The topological polar surface area (TPSA) is 102 Å². The third-order valence-electron chi connectivity index (χ3n) is 5.47.